The second-order valence-electron chi connectivity index (χ2n) is 9.47. The van der Waals surface area contributed by atoms with Crippen LogP contribution in [0.1, 0.15) is 22.6 Å². The van der Waals surface area contributed by atoms with Gasteiger partial charge in [-0.3, -0.25) is 9.52 Å². The number of para-hydroxylation sites is 1. The standard InChI is InChI=1S/C31H28N6O3S/c1-21-9-11-24(12-10-21)31-25(20-37(35-31)27-7-5-4-6-8-27)13-18-30(38)34-26-14-16-28(17-15-26)41(39,40)36-29-19-22(2)32-23(3)33-29/h4-20H,1-3H3,(H,34,38)(H,32,33,36). The second-order valence-corrected chi connectivity index (χ2v) is 11.2. The van der Waals surface area contributed by atoms with Crippen LogP contribution in [-0.4, -0.2) is 34.1 Å². The van der Waals surface area contributed by atoms with Gasteiger partial charge in [0.25, 0.3) is 10.0 Å². The number of hydrogen-bond donors (Lipinski definition) is 2. The molecule has 0 radical (unpaired) electrons. The number of rotatable bonds is 8. The molecule has 0 aliphatic heterocycles. The number of carbonyl (C=O) groups excluding carboxylic acids is 1. The third-order valence-corrected chi connectivity index (χ3v) is 7.51. The van der Waals surface area contributed by atoms with E-state index in [1.807, 2.05) is 67.7 Å². The van der Waals surface area contributed by atoms with E-state index < -0.39 is 10.0 Å². The normalized spacial score (nSPS) is 11.5. The van der Waals surface area contributed by atoms with Crippen LogP contribution in [-0.2, 0) is 14.8 Å². The van der Waals surface area contributed by atoms with Crippen LogP contribution < -0.4 is 10.0 Å². The van der Waals surface area contributed by atoms with E-state index in [0.717, 1.165) is 28.1 Å². The monoisotopic (exact) mass is 564 g/mol. The molecule has 2 N–H and O–H groups in total. The number of aromatic nitrogens is 4. The minimum absolute atomic E-state index is 0.0380. The molecule has 10 heteroatoms. The molecule has 3 aromatic carbocycles. The molecule has 0 fully saturated rings. The molecule has 41 heavy (non-hydrogen) atoms. The number of sulfonamides is 1. The van der Waals surface area contributed by atoms with Gasteiger partial charge in [-0.25, -0.2) is 23.1 Å². The third-order valence-electron chi connectivity index (χ3n) is 6.14. The Kier molecular flexibility index (Phi) is 7.75. The first-order valence-electron chi connectivity index (χ1n) is 12.8. The van der Waals surface area contributed by atoms with Crippen molar-refractivity contribution in [3.05, 3.63) is 120 Å². The summed E-state index contributed by atoms with van der Waals surface area (Å²) in [5.74, 6) is 0.290. The molecule has 0 unspecified atom stereocenters. The number of benzene rings is 3. The summed E-state index contributed by atoms with van der Waals surface area (Å²) in [7, 11) is -3.87. The Hall–Kier alpha value is -5.09. The van der Waals surface area contributed by atoms with E-state index >= 15 is 0 Å². The molecule has 9 nitrogen and oxygen atoms in total. The molecule has 0 atom stereocenters. The number of nitrogens with one attached hydrogen (secondary N) is 2. The fourth-order valence-corrected chi connectivity index (χ4v) is 5.18. The van der Waals surface area contributed by atoms with E-state index in [4.69, 9.17) is 5.10 Å². The maximum atomic E-state index is 12.8. The Morgan fingerprint density at radius 3 is 2.27 bits per heavy atom. The van der Waals surface area contributed by atoms with Crippen molar-refractivity contribution in [3.63, 3.8) is 0 Å². The zero-order chi connectivity index (χ0) is 29.0. The van der Waals surface area contributed by atoms with Gasteiger partial charge in [0.2, 0.25) is 5.91 Å². The van der Waals surface area contributed by atoms with Crippen LogP contribution in [0, 0.1) is 20.8 Å². The lowest BCUT2D eigenvalue weighted by molar-refractivity contribution is -0.111. The molecular formula is C31H28N6O3S. The summed E-state index contributed by atoms with van der Waals surface area (Å²) in [6, 6.07) is 25.2. The predicted molar refractivity (Wildman–Crippen MR) is 160 cm³/mol. The summed E-state index contributed by atoms with van der Waals surface area (Å²) in [6.45, 7) is 5.47. The lowest BCUT2D eigenvalue weighted by Gasteiger charge is -2.09. The molecule has 0 spiro atoms. The molecule has 5 rings (SSSR count). The second kappa shape index (κ2) is 11.6. The largest absolute Gasteiger partial charge is 0.323 e. The first-order valence-corrected chi connectivity index (χ1v) is 14.3. The van der Waals surface area contributed by atoms with Gasteiger partial charge in [-0.1, -0.05) is 48.0 Å². The molecule has 0 aliphatic rings. The van der Waals surface area contributed by atoms with Gasteiger partial charge in [-0.15, -0.1) is 0 Å². The van der Waals surface area contributed by atoms with Crippen molar-refractivity contribution in [3.8, 4) is 16.9 Å². The number of nitrogens with zero attached hydrogens (tertiary/aromatic N) is 4. The van der Waals surface area contributed by atoms with E-state index in [-0.39, 0.29) is 16.6 Å². The number of aryl methyl sites for hydroxylation is 3. The third kappa shape index (κ3) is 6.74. The van der Waals surface area contributed by atoms with E-state index in [1.54, 1.807) is 30.7 Å². The highest BCUT2D eigenvalue weighted by molar-refractivity contribution is 7.92. The zero-order valence-electron chi connectivity index (χ0n) is 22.7. The van der Waals surface area contributed by atoms with Crippen LogP contribution in [0.25, 0.3) is 23.0 Å². The van der Waals surface area contributed by atoms with Crippen LogP contribution in [0.4, 0.5) is 11.5 Å². The van der Waals surface area contributed by atoms with Crippen molar-refractivity contribution >= 4 is 33.5 Å². The van der Waals surface area contributed by atoms with Crippen LogP contribution in [0.2, 0.25) is 0 Å². The molecule has 206 valence electrons. The summed E-state index contributed by atoms with van der Waals surface area (Å²) < 4.78 is 29.9. The Morgan fingerprint density at radius 2 is 1.59 bits per heavy atom. The number of anilines is 2. The fraction of sp³-hybridized carbons (Fsp3) is 0.0968. The minimum Gasteiger partial charge on any atom is -0.323 e. The van der Waals surface area contributed by atoms with E-state index in [9.17, 15) is 13.2 Å². The quantitative estimate of drug-likeness (QED) is 0.233. The lowest BCUT2D eigenvalue weighted by atomic mass is 10.1. The van der Waals surface area contributed by atoms with Crippen molar-refractivity contribution in [1.82, 2.24) is 19.7 Å². The SMILES string of the molecule is Cc1ccc(-c2nn(-c3ccccc3)cc2C=CC(=O)Nc2ccc(S(=O)(=O)Nc3cc(C)nc(C)n3)cc2)cc1. The molecule has 0 bridgehead atoms. The summed E-state index contributed by atoms with van der Waals surface area (Å²) in [4.78, 5) is 21.1. The molecule has 2 aromatic heterocycles. The van der Waals surface area contributed by atoms with Crippen molar-refractivity contribution in [2.45, 2.75) is 25.7 Å². The van der Waals surface area contributed by atoms with Crippen LogP contribution in [0.3, 0.4) is 0 Å². The average molecular weight is 565 g/mol. The van der Waals surface area contributed by atoms with Crippen molar-refractivity contribution in [2.75, 3.05) is 10.0 Å². The fourth-order valence-electron chi connectivity index (χ4n) is 4.19. The summed E-state index contributed by atoms with van der Waals surface area (Å²) in [5.41, 5.74) is 5.60. The maximum absolute atomic E-state index is 12.8. The highest BCUT2D eigenvalue weighted by Crippen LogP contribution is 2.25. The average Bonchev–Trinajstić information content (AvgIpc) is 3.37. The van der Waals surface area contributed by atoms with Crippen LogP contribution >= 0.6 is 0 Å². The lowest BCUT2D eigenvalue weighted by Crippen LogP contribution is -2.15. The van der Waals surface area contributed by atoms with Gasteiger partial charge in [0.05, 0.1) is 16.3 Å². The molecule has 0 saturated carbocycles. The van der Waals surface area contributed by atoms with Gasteiger partial charge in [0, 0.05) is 40.8 Å². The molecule has 5 aromatic rings. The van der Waals surface area contributed by atoms with Gasteiger partial charge in [0.1, 0.15) is 11.6 Å². The Morgan fingerprint density at radius 1 is 0.878 bits per heavy atom. The van der Waals surface area contributed by atoms with Crippen molar-refractivity contribution < 1.29 is 13.2 Å². The van der Waals surface area contributed by atoms with Gasteiger partial charge in [0.15, 0.2) is 0 Å². The van der Waals surface area contributed by atoms with Crippen LogP contribution in [0.15, 0.2) is 102 Å². The Labute approximate surface area is 238 Å². The summed E-state index contributed by atoms with van der Waals surface area (Å²) >= 11 is 0. The Bertz CT molecular complexity index is 1810. The zero-order valence-corrected chi connectivity index (χ0v) is 23.6. The van der Waals surface area contributed by atoms with E-state index in [0.29, 0.717) is 17.2 Å². The van der Waals surface area contributed by atoms with Crippen LogP contribution in [0.5, 0.6) is 0 Å². The first-order chi connectivity index (χ1) is 19.7. The topological polar surface area (TPSA) is 119 Å². The smallest absolute Gasteiger partial charge is 0.263 e. The first kappa shape index (κ1) is 27.5. The van der Waals surface area contributed by atoms with Gasteiger partial charge in [-0.2, -0.15) is 5.10 Å². The summed E-state index contributed by atoms with van der Waals surface area (Å²) in [5, 5.41) is 7.55. The highest BCUT2D eigenvalue weighted by Gasteiger charge is 2.16. The molecule has 2 heterocycles. The van der Waals surface area contributed by atoms with E-state index in [2.05, 4.69) is 20.0 Å². The van der Waals surface area contributed by atoms with Gasteiger partial charge in [-0.05, 0) is 63.2 Å². The highest BCUT2D eigenvalue weighted by atomic mass is 32.2. The molecule has 0 aliphatic carbocycles. The molecule has 1 amide bonds. The van der Waals surface area contributed by atoms with Crippen molar-refractivity contribution in [1.29, 1.82) is 0 Å². The minimum atomic E-state index is -3.87. The van der Waals surface area contributed by atoms with E-state index in [1.165, 1.54) is 30.3 Å². The number of carbonyl (C=O) groups is 1. The maximum Gasteiger partial charge on any atom is 0.263 e. The number of hydrogen-bond acceptors (Lipinski definition) is 6. The number of amides is 1. The predicted octanol–water partition coefficient (Wildman–Crippen LogP) is 5.71. The summed E-state index contributed by atoms with van der Waals surface area (Å²) in [6.07, 6.45) is 5.02. The van der Waals surface area contributed by atoms with Gasteiger partial charge >= 0.3 is 0 Å². The van der Waals surface area contributed by atoms with Gasteiger partial charge < -0.3 is 5.32 Å². The Balaban J connectivity index is 1.32. The molecule has 0 saturated heterocycles. The molecular weight excluding hydrogens is 536 g/mol. The van der Waals surface area contributed by atoms with Crippen molar-refractivity contribution in [2.24, 2.45) is 0 Å².